The van der Waals surface area contributed by atoms with Crippen LogP contribution in [0, 0.1) is 6.92 Å². The quantitative estimate of drug-likeness (QED) is 0.589. The smallest absolute Gasteiger partial charge is 0.275 e. The molecule has 1 aromatic carbocycles. The maximum absolute atomic E-state index is 12.0. The van der Waals surface area contributed by atoms with E-state index in [-0.39, 0.29) is 11.6 Å². The van der Waals surface area contributed by atoms with Gasteiger partial charge in [0.2, 0.25) is 0 Å². The number of benzene rings is 1. The highest BCUT2D eigenvalue weighted by molar-refractivity contribution is 6.31. The summed E-state index contributed by atoms with van der Waals surface area (Å²) in [7, 11) is 0. The first-order valence-corrected chi connectivity index (χ1v) is 5.84. The summed E-state index contributed by atoms with van der Waals surface area (Å²) in [5, 5.41) is 3.31. The van der Waals surface area contributed by atoms with Crippen molar-refractivity contribution in [2.45, 2.75) is 6.92 Å². The number of nitrogens with zero attached hydrogens (tertiary/aromatic N) is 2. The van der Waals surface area contributed by atoms with Crippen LogP contribution in [-0.2, 0) is 0 Å². The molecular weight excluding hydrogens is 266 g/mol. The van der Waals surface area contributed by atoms with Crippen LogP contribution in [0.3, 0.4) is 0 Å². The molecule has 4 N–H and O–H groups in total. The van der Waals surface area contributed by atoms with Crippen LogP contribution in [-0.4, -0.2) is 15.9 Å². The first-order valence-electron chi connectivity index (χ1n) is 5.47. The third-order valence-electron chi connectivity index (χ3n) is 2.53. The number of nitrogens with two attached hydrogens (primary N) is 1. The highest BCUT2D eigenvalue weighted by atomic mass is 35.5. The average Bonchev–Trinajstić information content (AvgIpc) is 2.44. The van der Waals surface area contributed by atoms with Crippen molar-refractivity contribution >= 4 is 29.0 Å². The van der Waals surface area contributed by atoms with E-state index in [1.165, 1.54) is 12.4 Å². The number of hydrogen-bond donors (Lipinski definition) is 3. The number of aromatic nitrogens is 2. The molecule has 0 radical (unpaired) electrons. The molecule has 0 unspecified atom stereocenters. The summed E-state index contributed by atoms with van der Waals surface area (Å²) in [5.41, 5.74) is 3.91. The minimum atomic E-state index is -0.380. The summed E-state index contributed by atoms with van der Waals surface area (Å²) >= 11 is 5.99. The molecule has 0 aliphatic carbocycles. The van der Waals surface area contributed by atoms with Crippen molar-refractivity contribution < 1.29 is 4.79 Å². The van der Waals surface area contributed by atoms with Crippen LogP contribution in [0.5, 0.6) is 0 Å². The maximum Gasteiger partial charge on any atom is 0.275 e. The Morgan fingerprint density at radius 1 is 1.37 bits per heavy atom. The number of hydrogen-bond acceptors (Lipinski definition) is 5. The van der Waals surface area contributed by atoms with Gasteiger partial charge in [0.15, 0.2) is 5.82 Å². The molecule has 2 aromatic rings. The number of carbonyl (C=O) groups is 1. The predicted octanol–water partition coefficient (Wildman–Crippen LogP) is 1.98. The zero-order valence-electron chi connectivity index (χ0n) is 10.1. The lowest BCUT2D eigenvalue weighted by molar-refractivity contribution is 0.102. The van der Waals surface area contributed by atoms with E-state index < -0.39 is 0 Å². The van der Waals surface area contributed by atoms with Crippen molar-refractivity contribution in [1.29, 1.82) is 0 Å². The fourth-order valence-electron chi connectivity index (χ4n) is 1.47. The SMILES string of the molecule is Cc1c(Cl)cccc1NC(=O)c1cncc(NN)n1. The van der Waals surface area contributed by atoms with Crippen LogP contribution in [0.15, 0.2) is 30.6 Å². The molecule has 0 saturated heterocycles. The van der Waals surface area contributed by atoms with Crippen LogP contribution in [0.4, 0.5) is 11.5 Å². The highest BCUT2D eigenvalue weighted by Gasteiger charge is 2.11. The summed E-state index contributed by atoms with van der Waals surface area (Å²) in [4.78, 5) is 19.9. The lowest BCUT2D eigenvalue weighted by Gasteiger charge is -2.09. The molecule has 1 heterocycles. The van der Waals surface area contributed by atoms with E-state index in [9.17, 15) is 4.79 Å². The molecule has 7 heteroatoms. The molecule has 0 atom stereocenters. The van der Waals surface area contributed by atoms with E-state index in [0.717, 1.165) is 5.56 Å². The molecular formula is C12H12ClN5O. The first-order chi connectivity index (χ1) is 9.11. The topological polar surface area (TPSA) is 92.9 Å². The second kappa shape index (κ2) is 5.64. The van der Waals surface area contributed by atoms with E-state index in [2.05, 4.69) is 20.7 Å². The van der Waals surface area contributed by atoms with Gasteiger partial charge in [-0.25, -0.2) is 10.8 Å². The number of rotatable bonds is 3. The third kappa shape index (κ3) is 2.98. The molecule has 0 spiro atoms. The molecule has 1 aromatic heterocycles. The fourth-order valence-corrected chi connectivity index (χ4v) is 1.65. The predicted molar refractivity (Wildman–Crippen MR) is 74.0 cm³/mol. The van der Waals surface area contributed by atoms with E-state index in [1.807, 2.05) is 6.92 Å². The van der Waals surface area contributed by atoms with E-state index in [4.69, 9.17) is 17.4 Å². The van der Waals surface area contributed by atoms with Crippen LogP contribution in [0.25, 0.3) is 0 Å². The second-order valence-electron chi connectivity index (χ2n) is 3.80. The van der Waals surface area contributed by atoms with Gasteiger partial charge in [0.1, 0.15) is 5.69 Å². The van der Waals surface area contributed by atoms with Gasteiger partial charge >= 0.3 is 0 Å². The van der Waals surface area contributed by atoms with Gasteiger partial charge in [-0.1, -0.05) is 17.7 Å². The second-order valence-corrected chi connectivity index (χ2v) is 4.21. The van der Waals surface area contributed by atoms with E-state index in [1.54, 1.807) is 18.2 Å². The number of amides is 1. The van der Waals surface area contributed by atoms with Gasteiger partial charge in [-0.2, -0.15) is 0 Å². The number of halogens is 1. The van der Waals surface area contributed by atoms with Crippen LogP contribution in [0.1, 0.15) is 16.1 Å². The number of nitrogens with one attached hydrogen (secondary N) is 2. The summed E-state index contributed by atoms with van der Waals surface area (Å²) in [6.45, 7) is 1.82. The van der Waals surface area contributed by atoms with Gasteiger partial charge in [-0.15, -0.1) is 0 Å². The van der Waals surface area contributed by atoms with Crippen molar-refractivity contribution in [2.24, 2.45) is 5.84 Å². The molecule has 6 nitrogen and oxygen atoms in total. The summed E-state index contributed by atoms with van der Waals surface area (Å²) < 4.78 is 0. The molecule has 0 saturated carbocycles. The average molecular weight is 278 g/mol. The Bertz CT molecular complexity index is 617. The molecule has 98 valence electrons. The molecule has 0 fully saturated rings. The molecule has 2 rings (SSSR count). The van der Waals surface area contributed by atoms with Crippen molar-refractivity contribution in [3.63, 3.8) is 0 Å². The Labute approximate surface area is 115 Å². The van der Waals surface area contributed by atoms with Gasteiger partial charge < -0.3 is 10.7 Å². The minimum absolute atomic E-state index is 0.162. The van der Waals surface area contributed by atoms with Crippen molar-refractivity contribution in [1.82, 2.24) is 9.97 Å². The van der Waals surface area contributed by atoms with Crippen LogP contribution in [0.2, 0.25) is 5.02 Å². The zero-order valence-corrected chi connectivity index (χ0v) is 10.9. The van der Waals surface area contributed by atoms with Crippen molar-refractivity contribution in [3.8, 4) is 0 Å². The van der Waals surface area contributed by atoms with Gasteiger partial charge in [0, 0.05) is 10.7 Å². The molecule has 0 bridgehead atoms. The van der Waals surface area contributed by atoms with Crippen molar-refractivity contribution in [3.05, 3.63) is 46.9 Å². The van der Waals surface area contributed by atoms with E-state index >= 15 is 0 Å². The van der Waals surface area contributed by atoms with Crippen molar-refractivity contribution in [2.75, 3.05) is 10.7 Å². The molecule has 0 aliphatic rings. The summed E-state index contributed by atoms with van der Waals surface area (Å²) in [6, 6.07) is 5.28. The lowest BCUT2D eigenvalue weighted by atomic mass is 10.2. The van der Waals surface area contributed by atoms with Gasteiger partial charge in [-0.05, 0) is 24.6 Å². The number of hydrazine groups is 1. The fraction of sp³-hybridized carbons (Fsp3) is 0.0833. The van der Waals surface area contributed by atoms with Gasteiger partial charge in [-0.3, -0.25) is 9.78 Å². The Morgan fingerprint density at radius 2 is 2.16 bits per heavy atom. The number of anilines is 2. The Morgan fingerprint density at radius 3 is 2.89 bits per heavy atom. The van der Waals surface area contributed by atoms with E-state index in [0.29, 0.717) is 16.5 Å². The highest BCUT2D eigenvalue weighted by Crippen LogP contribution is 2.23. The molecule has 1 amide bonds. The monoisotopic (exact) mass is 277 g/mol. The Kier molecular flexibility index (Phi) is 3.94. The van der Waals surface area contributed by atoms with Gasteiger partial charge in [0.25, 0.3) is 5.91 Å². The number of carbonyl (C=O) groups excluding carboxylic acids is 1. The molecule has 0 aliphatic heterocycles. The third-order valence-corrected chi connectivity index (χ3v) is 2.94. The standard InChI is InChI=1S/C12H12ClN5O/c1-7-8(13)3-2-4-9(7)17-12(19)10-5-15-6-11(16-10)18-14/h2-6H,14H2,1H3,(H,16,18)(H,17,19). The van der Waals surface area contributed by atoms with Gasteiger partial charge in [0.05, 0.1) is 12.4 Å². The Hall–Kier alpha value is -2.18. The van der Waals surface area contributed by atoms with Crippen LogP contribution < -0.4 is 16.6 Å². The minimum Gasteiger partial charge on any atom is -0.320 e. The summed E-state index contributed by atoms with van der Waals surface area (Å²) in [5.74, 6) is 5.15. The normalized spacial score (nSPS) is 10.1. The maximum atomic E-state index is 12.0. The zero-order chi connectivity index (χ0) is 13.8. The first kappa shape index (κ1) is 13.3. The summed E-state index contributed by atoms with van der Waals surface area (Å²) in [6.07, 6.45) is 2.78. The molecule has 19 heavy (non-hydrogen) atoms. The number of nitrogen functional groups attached to an aromatic ring is 1. The lowest BCUT2D eigenvalue weighted by Crippen LogP contribution is -2.17. The Balaban J connectivity index is 2.23. The van der Waals surface area contributed by atoms with Crippen LogP contribution >= 0.6 is 11.6 Å². The largest absolute Gasteiger partial charge is 0.320 e.